The monoisotopic (exact) mass is 298 g/mol. The molecule has 0 saturated carbocycles. The summed E-state index contributed by atoms with van der Waals surface area (Å²) in [5, 5.41) is 0. The highest BCUT2D eigenvalue weighted by Crippen LogP contribution is 2.27. The molecule has 114 valence electrons. The zero-order valence-electron chi connectivity index (χ0n) is 12.7. The Hall–Kier alpha value is -2.62. The minimum Gasteiger partial charge on any atom is -0.466 e. The first kappa shape index (κ1) is 15.8. The average molecular weight is 298 g/mol. The van der Waals surface area contributed by atoms with Gasteiger partial charge < -0.3 is 9.47 Å². The summed E-state index contributed by atoms with van der Waals surface area (Å²) in [6.07, 6.45) is 0.979. The van der Waals surface area contributed by atoms with Crippen molar-refractivity contribution >= 4 is 12.3 Å². The van der Waals surface area contributed by atoms with E-state index >= 15 is 0 Å². The van der Waals surface area contributed by atoms with E-state index in [0.717, 1.165) is 17.4 Å². The molecule has 4 nitrogen and oxygen atoms in total. The molecule has 0 aliphatic carbocycles. The summed E-state index contributed by atoms with van der Waals surface area (Å²) in [5.74, 6) is 0.808. The van der Waals surface area contributed by atoms with Gasteiger partial charge in [0, 0.05) is 0 Å². The van der Waals surface area contributed by atoms with E-state index in [1.807, 2.05) is 25.1 Å². The maximum Gasteiger partial charge on any atom is 0.310 e. The van der Waals surface area contributed by atoms with E-state index in [1.165, 1.54) is 0 Å². The molecule has 0 bridgehead atoms. The van der Waals surface area contributed by atoms with Crippen LogP contribution in [0.25, 0.3) is 0 Å². The number of ether oxygens (including phenoxy) is 2. The van der Waals surface area contributed by atoms with Crippen LogP contribution < -0.4 is 4.74 Å². The molecule has 0 saturated heterocycles. The van der Waals surface area contributed by atoms with Crippen LogP contribution in [0.2, 0.25) is 0 Å². The molecule has 0 aliphatic heterocycles. The molecule has 0 radical (unpaired) electrons. The molecule has 2 aromatic carbocycles. The van der Waals surface area contributed by atoms with Crippen LogP contribution in [0, 0.1) is 6.92 Å². The number of benzene rings is 2. The first-order valence-corrected chi connectivity index (χ1v) is 7.11. The first-order chi connectivity index (χ1) is 10.6. The van der Waals surface area contributed by atoms with Crippen LogP contribution in [0.4, 0.5) is 0 Å². The highest BCUT2D eigenvalue weighted by Gasteiger charge is 2.09. The van der Waals surface area contributed by atoms with Crippen molar-refractivity contribution in [2.75, 3.05) is 6.61 Å². The van der Waals surface area contributed by atoms with Crippen molar-refractivity contribution in [3.05, 3.63) is 59.2 Å². The fourth-order valence-corrected chi connectivity index (χ4v) is 2.12. The Morgan fingerprint density at radius 2 is 1.95 bits per heavy atom. The molecule has 0 fully saturated rings. The van der Waals surface area contributed by atoms with E-state index in [-0.39, 0.29) is 12.4 Å². The Labute approximate surface area is 129 Å². The van der Waals surface area contributed by atoms with Gasteiger partial charge in [0.2, 0.25) is 0 Å². The molecule has 22 heavy (non-hydrogen) atoms. The molecular weight excluding hydrogens is 280 g/mol. The van der Waals surface area contributed by atoms with Gasteiger partial charge in [-0.05, 0) is 43.2 Å². The van der Waals surface area contributed by atoms with Gasteiger partial charge >= 0.3 is 5.97 Å². The fourth-order valence-electron chi connectivity index (χ4n) is 2.12. The molecule has 0 unspecified atom stereocenters. The zero-order chi connectivity index (χ0) is 15.9. The molecule has 0 aliphatic rings. The molecule has 0 N–H and O–H groups in total. The summed E-state index contributed by atoms with van der Waals surface area (Å²) in [7, 11) is 0. The number of hydrogen-bond acceptors (Lipinski definition) is 4. The standard InChI is InChI=1S/C18H18O4/c1-3-21-18(20)11-14-7-5-8-15(10-14)22-17-9-4-6-13(2)16(17)12-19/h4-10,12H,3,11H2,1-2H3. The van der Waals surface area contributed by atoms with Gasteiger partial charge in [0.25, 0.3) is 0 Å². The third-order valence-corrected chi connectivity index (χ3v) is 3.18. The largest absolute Gasteiger partial charge is 0.466 e. The average Bonchev–Trinajstić information content (AvgIpc) is 2.48. The van der Waals surface area contributed by atoms with Gasteiger partial charge in [-0.1, -0.05) is 24.3 Å². The van der Waals surface area contributed by atoms with E-state index in [9.17, 15) is 9.59 Å². The number of carbonyl (C=O) groups excluding carboxylic acids is 2. The summed E-state index contributed by atoms with van der Waals surface area (Å²) < 4.78 is 10.7. The van der Waals surface area contributed by atoms with Gasteiger partial charge in [-0.3, -0.25) is 9.59 Å². The van der Waals surface area contributed by atoms with Crippen molar-refractivity contribution < 1.29 is 19.1 Å². The first-order valence-electron chi connectivity index (χ1n) is 7.11. The third-order valence-electron chi connectivity index (χ3n) is 3.18. The Kier molecular flexibility index (Phi) is 5.31. The second-order valence-corrected chi connectivity index (χ2v) is 4.84. The predicted molar refractivity (Wildman–Crippen MR) is 83.4 cm³/mol. The molecule has 0 heterocycles. The maximum absolute atomic E-state index is 11.5. The minimum atomic E-state index is -0.274. The molecular formula is C18H18O4. The van der Waals surface area contributed by atoms with E-state index in [2.05, 4.69) is 0 Å². The number of aldehydes is 1. The normalized spacial score (nSPS) is 10.1. The lowest BCUT2D eigenvalue weighted by molar-refractivity contribution is -0.142. The lowest BCUT2D eigenvalue weighted by Gasteiger charge is -2.10. The van der Waals surface area contributed by atoms with Gasteiger partial charge in [-0.15, -0.1) is 0 Å². The lowest BCUT2D eigenvalue weighted by atomic mass is 10.1. The Morgan fingerprint density at radius 1 is 1.18 bits per heavy atom. The second-order valence-electron chi connectivity index (χ2n) is 4.84. The summed E-state index contributed by atoms with van der Waals surface area (Å²) in [5.41, 5.74) is 2.18. The van der Waals surface area contributed by atoms with Crippen LogP contribution in [-0.4, -0.2) is 18.9 Å². The van der Waals surface area contributed by atoms with Crippen LogP contribution >= 0.6 is 0 Å². The molecule has 0 atom stereocenters. The zero-order valence-corrected chi connectivity index (χ0v) is 12.7. The van der Waals surface area contributed by atoms with Gasteiger partial charge in [0.15, 0.2) is 6.29 Å². The molecule has 2 rings (SSSR count). The van der Waals surface area contributed by atoms with E-state index in [1.54, 1.807) is 31.2 Å². The molecule has 2 aromatic rings. The highest BCUT2D eigenvalue weighted by atomic mass is 16.5. The number of carbonyl (C=O) groups is 2. The Morgan fingerprint density at radius 3 is 2.68 bits per heavy atom. The van der Waals surface area contributed by atoms with Crippen LogP contribution in [-0.2, 0) is 16.0 Å². The van der Waals surface area contributed by atoms with Gasteiger partial charge in [0.05, 0.1) is 18.6 Å². The van der Waals surface area contributed by atoms with E-state index < -0.39 is 0 Å². The van der Waals surface area contributed by atoms with Crippen molar-refractivity contribution in [1.29, 1.82) is 0 Å². The Bertz CT molecular complexity index is 677. The number of esters is 1. The third kappa shape index (κ3) is 3.95. The molecule has 0 amide bonds. The quantitative estimate of drug-likeness (QED) is 0.602. The minimum absolute atomic E-state index is 0.194. The number of rotatable bonds is 6. The lowest BCUT2D eigenvalue weighted by Crippen LogP contribution is -2.07. The van der Waals surface area contributed by atoms with Crippen LogP contribution in [0.5, 0.6) is 11.5 Å². The smallest absolute Gasteiger partial charge is 0.310 e. The summed E-state index contributed by atoms with van der Waals surface area (Å²) in [4.78, 5) is 22.7. The van der Waals surface area contributed by atoms with E-state index in [0.29, 0.717) is 23.7 Å². The highest BCUT2D eigenvalue weighted by molar-refractivity contribution is 5.81. The van der Waals surface area contributed by atoms with Gasteiger partial charge in [0.1, 0.15) is 11.5 Å². The second kappa shape index (κ2) is 7.41. The summed E-state index contributed by atoms with van der Waals surface area (Å²) in [6, 6.07) is 12.6. The van der Waals surface area contributed by atoms with Crippen molar-refractivity contribution in [3.8, 4) is 11.5 Å². The Balaban J connectivity index is 2.19. The van der Waals surface area contributed by atoms with Crippen LogP contribution in [0.1, 0.15) is 28.4 Å². The maximum atomic E-state index is 11.5. The molecule has 0 aromatic heterocycles. The van der Waals surface area contributed by atoms with E-state index in [4.69, 9.17) is 9.47 Å². The molecule has 0 spiro atoms. The van der Waals surface area contributed by atoms with Gasteiger partial charge in [-0.2, -0.15) is 0 Å². The van der Waals surface area contributed by atoms with Gasteiger partial charge in [-0.25, -0.2) is 0 Å². The van der Waals surface area contributed by atoms with Crippen LogP contribution in [0.3, 0.4) is 0 Å². The SMILES string of the molecule is CCOC(=O)Cc1cccc(Oc2cccc(C)c2C=O)c1. The van der Waals surface area contributed by atoms with Crippen LogP contribution in [0.15, 0.2) is 42.5 Å². The molecule has 4 heteroatoms. The van der Waals surface area contributed by atoms with Crippen molar-refractivity contribution in [2.24, 2.45) is 0 Å². The topological polar surface area (TPSA) is 52.6 Å². The summed E-state index contributed by atoms with van der Waals surface area (Å²) >= 11 is 0. The number of aryl methyl sites for hydroxylation is 1. The predicted octanol–water partition coefficient (Wildman–Crippen LogP) is 3.71. The number of hydrogen-bond donors (Lipinski definition) is 0. The van der Waals surface area contributed by atoms with Crippen molar-refractivity contribution in [2.45, 2.75) is 20.3 Å². The summed E-state index contributed by atoms with van der Waals surface area (Å²) in [6.45, 7) is 3.99. The van der Waals surface area contributed by atoms with Crippen molar-refractivity contribution in [1.82, 2.24) is 0 Å². The van der Waals surface area contributed by atoms with Crippen molar-refractivity contribution in [3.63, 3.8) is 0 Å². The fraction of sp³-hybridized carbons (Fsp3) is 0.222.